The van der Waals surface area contributed by atoms with Gasteiger partial charge in [-0.25, -0.2) is 12.7 Å². The van der Waals surface area contributed by atoms with E-state index in [0.29, 0.717) is 23.7 Å². The summed E-state index contributed by atoms with van der Waals surface area (Å²) in [7, 11) is -2.06. The maximum Gasteiger partial charge on any atom is 0.244 e. The van der Waals surface area contributed by atoms with Gasteiger partial charge in [0.05, 0.1) is 5.02 Å². The third-order valence-electron chi connectivity index (χ3n) is 2.94. The summed E-state index contributed by atoms with van der Waals surface area (Å²) in [5.74, 6) is 0. The number of benzene rings is 1. The SMILES string of the molecule is CCN(C)S(=O)(=O)c1cc(CNC(C)C)c(Cl)cc1Cl. The van der Waals surface area contributed by atoms with Crippen molar-refractivity contribution in [1.29, 1.82) is 0 Å². The predicted molar refractivity (Wildman–Crippen MR) is 83.9 cm³/mol. The zero-order valence-electron chi connectivity index (χ0n) is 12.1. The van der Waals surface area contributed by atoms with Gasteiger partial charge >= 0.3 is 0 Å². The van der Waals surface area contributed by atoms with Crippen LogP contribution in [0.15, 0.2) is 17.0 Å². The second-order valence-electron chi connectivity index (χ2n) is 4.83. The van der Waals surface area contributed by atoms with Crippen molar-refractivity contribution < 1.29 is 8.42 Å². The molecular weight excluding hydrogens is 319 g/mol. The van der Waals surface area contributed by atoms with Crippen LogP contribution in [0.1, 0.15) is 26.3 Å². The van der Waals surface area contributed by atoms with E-state index >= 15 is 0 Å². The molecule has 0 aliphatic heterocycles. The second kappa shape index (κ2) is 7.09. The first-order chi connectivity index (χ1) is 9.20. The van der Waals surface area contributed by atoms with E-state index in [1.807, 2.05) is 13.8 Å². The van der Waals surface area contributed by atoms with Crippen molar-refractivity contribution in [3.8, 4) is 0 Å². The fourth-order valence-corrected chi connectivity index (χ4v) is 3.57. The van der Waals surface area contributed by atoms with Crippen LogP contribution in [0.3, 0.4) is 0 Å². The van der Waals surface area contributed by atoms with Crippen molar-refractivity contribution in [3.63, 3.8) is 0 Å². The Labute approximate surface area is 131 Å². The summed E-state index contributed by atoms with van der Waals surface area (Å²) in [4.78, 5) is 0.0912. The lowest BCUT2D eigenvalue weighted by Gasteiger charge is -2.18. The number of rotatable bonds is 6. The van der Waals surface area contributed by atoms with Gasteiger partial charge in [-0.05, 0) is 17.7 Å². The van der Waals surface area contributed by atoms with E-state index in [9.17, 15) is 8.42 Å². The van der Waals surface area contributed by atoms with Crippen LogP contribution in [0, 0.1) is 0 Å². The van der Waals surface area contributed by atoms with Crippen molar-refractivity contribution in [3.05, 3.63) is 27.7 Å². The largest absolute Gasteiger partial charge is 0.310 e. The molecular formula is C13H20Cl2N2O2S. The van der Waals surface area contributed by atoms with Gasteiger partial charge in [0.15, 0.2) is 0 Å². The van der Waals surface area contributed by atoms with Crippen LogP contribution >= 0.6 is 23.2 Å². The number of halogens is 2. The minimum Gasteiger partial charge on any atom is -0.310 e. The number of nitrogens with one attached hydrogen (secondary N) is 1. The summed E-state index contributed by atoms with van der Waals surface area (Å²) >= 11 is 12.2. The van der Waals surface area contributed by atoms with Crippen LogP contribution in [0.2, 0.25) is 10.0 Å². The molecule has 0 aliphatic carbocycles. The minimum atomic E-state index is -3.58. The first-order valence-electron chi connectivity index (χ1n) is 6.37. The average molecular weight is 339 g/mol. The van der Waals surface area contributed by atoms with Crippen molar-refractivity contribution in [1.82, 2.24) is 9.62 Å². The average Bonchev–Trinajstić information content (AvgIpc) is 2.36. The van der Waals surface area contributed by atoms with Crippen molar-refractivity contribution in [2.75, 3.05) is 13.6 Å². The molecule has 7 heteroatoms. The van der Waals surface area contributed by atoms with E-state index < -0.39 is 10.0 Å². The number of hydrogen-bond donors (Lipinski definition) is 1. The molecule has 0 bridgehead atoms. The first-order valence-corrected chi connectivity index (χ1v) is 8.57. The van der Waals surface area contributed by atoms with Crippen LogP contribution in [0.25, 0.3) is 0 Å². The Morgan fingerprint density at radius 3 is 2.35 bits per heavy atom. The maximum atomic E-state index is 12.4. The monoisotopic (exact) mass is 338 g/mol. The fourth-order valence-electron chi connectivity index (χ4n) is 1.56. The fraction of sp³-hybridized carbons (Fsp3) is 0.538. The van der Waals surface area contributed by atoms with Gasteiger partial charge in [-0.1, -0.05) is 44.0 Å². The van der Waals surface area contributed by atoms with Gasteiger partial charge in [0, 0.05) is 31.2 Å². The Morgan fingerprint density at radius 2 is 1.85 bits per heavy atom. The molecule has 0 heterocycles. The zero-order chi connectivity index (χ0) is 15.5. The first kappa shape index (κ1) is 17.7. The Kier molecular flexibility index (Phi) is 6.28. The van der Waals surface area contributed by atoms with E-state index in [4.69, 9.17) is 23.2 Å². The van der Waals surface area contributed by atoms with E-state index in [1.165, 1.54) is 17.4 Å². The molecule has 1 aromatic carbocycles. The molecule has 1 rings (SSSR count). The highest BCUT2D eigenvalue weighted by molar-refractivity contribution is 7.89. The lowest BCUT2D eigenvalue weighted by molar-refractivity contribution is 0.486. The number of hydrogen-bond acceptors (Lipinski definition) is 3. The lowest BCUT2D eigenvalue weighted by Crippen LogP contribution is -2.27. The van der Waals surface area contributed by atoms with Crippen LogP contribution in [-0.4, -0.2) is 32.4 Å². The number of sulfonamides is 1. The molecule has 0 atom stereocenters. The molecule has 0 fully saturated rings. The molecule has 0 radical (unpaired) electrons. The molecule has 1 N–H and O–H groups in total. The van der Waals surface area contributed by atoms with Gasteiger partial charge in [-0.3, -0.25) is 0 Å². The molecule has 0 saturated carbocycles. The third kappa shape index (κ3) is 4.09. The van der Waals surface area contributed by atoms with Crippen LogP contribution in [-0.2, 0) is 16.6 Å². The van der Waals surface area contributed by atoms with Crippen LogP contribution in [0.5, 0.6) is 0 Å². The standard InChI is InChI=1S/C13H20Cl2N2O2S/c1-5-17(4)20(18,19)13-6-10(8-16-9(2)3)11(14)7-12(13)15/h6-7,9,16H,5,8H2,1-4H3. The Balaban J connectivity index is 3.24. The Hall–Kier alpha value is -0.330. The maximum absolute atomic E-state index is 12.4. The van der Waals surface area contributed by atoms with E-state index in [2.05, 4.69) is 5.32 Å². The summed E-state index contributed by atoms with van der Waals surface area (Å²) in [6, 6.07) is 3.30. The van der Waals surface area contributed by atoms with Gasteiger partial charge in [-0.2, -0.15) is 0 Å². The Bertz CT molecular complexity index is 574. The molecule has 0 aliphatic rings. The summed E-state index contributed by atoms with van der Waals surface area (Å²) < 4.78 is 26.0. The Morgan fingerprint density at radius 1 is 1.25 bits per heavy atom. The summed E-state index contributed by atoms with van der Waals surface area (Å²) in [6.07, 6.45) is 0. The highest BCUT2D eigenvalue weighted by Crippen LogP contribution is 2.30. The second-order valence-corrected chi connectivity index (χ2v) is 7.66. The molecule has 1 aromatic rings. The molecule has 20 heavy (non-hydrogen) atoms. The minimum absolute atomic E-state index is 0.0912. The highest BCUT2D eigenvalue weighted by atomic mass is 35.5. The summed E-state index contributed by atoms with van der Waals surface area (Å²) in [5.41, 5.74) is 0.716. The van der Waals surface area contributed by atoms with Crippen molar-refractivity contribution >= 4 is 33.2 Å². The summed E-state index contributed by atoms with van der Waals surface area (Å²) in [5, 5.41) is 3.81. The molecule has 0 spiro atoms. The van der Waals surface area contributed by atoms with Gasteiger partial charge in [0.2, 0.25) is 10.0 Å². The molecule has 0 amide bonds. The lowest BCUT2D eigenvalue weighted by atomic mass is 10.2. The summed E-state index contributed by atoms with van der Waals surface area (Å²) in [6.45, 7) is 6.65. The quantitative estimate of drug-likeness (QED) is 0.866. The zero-order valence-corrected chi connectivity index (χ0v) is 14.4. The highest BCUT2D eigenvalue weighted by Gasteiger charge is 2.23. The van der Waals surface area contributed by atoms with E-state index in [1.54, 1.807) is 13.0 Å². The van der Waals surface area contributed by atoms with Gasteiger partial charge < -0.3 is 5.32 Å². The van der Waals surface area contributed by atoms with Crippen molar-refractivity contribution in [2.24, 2.45) is 0 Å². The van der Waals surface area contributed by atoms with Gasteiger partial charge in [0.25, 0.3) is 0 Å². The topological polar surface area (TPSA) is 49.4 Å². The molecule has 114 valence electrons. The predicted octanol–water partition coefficient (Wildman–Crippen LogP) is 3.13. The number of nitrogens with zero attached hydrogens (tertiary/aromatic N) is 1. The molecule has 0 aromatic heterocycles. The van der Waals surface area contributed by atoms with E-state index in [-0.39, 0.29) is 16.0 Å². The molecule has 0 saturated heterocycles. The van der Waals surface area contributed by atoms with Crippen LogP contribution in [0.4, 0.5) is 0 Å². The molecule has 0 unspecified atom stereocenters. The van der Waals surface area contributed by atoms with Gasteiger partial charge in [0.1, 0.15) is 4.90 Å². The van der Waals surface area contributed by atoms with E-state index in [0.717, 1.165) is 0 Å². The third-order valence-corrected chi connectivity index (χ3v) is 5.68. The van der Waals surface area contributed by atoms with Crippen LogP contribution < -0.4 is 5.32 Å². The van der Waals surface area contributed by atoms with Gasteiger partial charge in [-0.15, -0.1) is 0 Å². The normalized spacial score (nSPS) is 12.4. The smallest absolute Gasteiger partial charge is 0.244 e. The van der Waals surface area contributed by atoms with Crippen molar-refractivity contribution in [2.45, 2.75) is 38.3 Å². The molecule has 4 nitrogen and oxygen atoms in total.